The van der Waals surface area contributed by atoms with Crippen LogP contribution < -0.4 is 10.6 Å². The van der Waals surface area contributed by atoms with Crippen LogP contribution >= 0.6 is 43.5 Å². The number of amides is 2. The third-order valence-electron chi connectivity index (χ3n) is 4.88. The maximum Gasteiger partial charge on any atom is 0.411 e. The largest absolute Gasteiger partial charge is 0.449 e. The first kappa shape index (κ1) is 25.2. The van der Waals surface area contributed by atoms with E-state index in [2.05, 4.69) is 52.5 Å². The standard InChI is InChI=1S/C24H20Br2ClN5O3/c1-13(2)12-35-24(34)30-18-10-14(25)9-17(26)19(18)31-23(33)20-21(16-6-3-7-28-22(16)27)32-8-4-5-15(32)11-29-20/h3-11,13H,12H2,1-2H3,(H,30,34)(H,31,33). The summed E-state index contributed by atoms with van der Waals surface area (Å²) in [5, 5.41) is 5.80. The van der Waals surface area contributed by atoms with Crippen molar-refractivity contribution in [2.24, 2.45) is 5.92 Å². The van der Waals surface area contributed by atoms with Crippen molar-refractivity contribution in [3.05, 3.63) is 74.8 Å². The van der Waals surface area contributed by atoms with Crippen LogP contribution in [0, 0.1) is 5.92 Å². The summed E-state index contributed by atoms with van der Waals surface area (Å²) in [5.41, 5.74) is 2.65. The zero-order chi connectivity index (χ0) is 25.1. The van der Waals surface area contributed by atoms with Crippen LogP contribution in [0.5, 0.6) is 0 Å². The number of hydrogen-bond acceptors (Lipinski definition) is 5. The first-order valence-electron chi connectivity index (χ1n) is 10.6. The number of benzene rings is 1. The smallest absolute Gasteiger partial charge is 0.411 e. The number of nitrogens with zero attached hydrogens (tertiary/aromatic N) is 3. The summed E-state index contributed by atoms with van der Waals surface area (Å²) < 4.78 is 8.29. The van der Waals surface area contributed by atoms with Crippen molar-refractivity contribution in [2.45, 2.75) is 13.8 Å². The Labute approximate surface area is 223 Å². The Morgan fingerprint density at radius 2 is 1.94 bits per heavy atom. The van der Waals surface area contributed by atoms with E-state index in [4.69, 9.17) is 16.3 Å². The van der Waals surface area contributed by atoms with Crippen LogP contribution in [-0.4, -0.2) is 33.0 Å². The van der Waals surface area contributed by atoms with E-state index in [1.165, 1.54) is 0 Å². The molecule has 2 N–H and O–H groups in total. The molecule has 0 fully saturated rings. The van der Waals surface area contributed by atoms with Gasteiger partial charge < -0.3 is 14.5 Å². The van der Waals surface area contributed by atoms with Gasteiger partial charge in [0.15, 0.2) is 5.69 Å². The number of nitrogens with one attached hydrogen (secondary N) is 2. The molecule has 8 nitrogen and oxygen atoms in total. The maximum atomic E-state index is 13.5. The van der Waals surface area contributed by atoms with Crippen LogP contribution in [0.15, 0.2) is 63.9 Å². The molecule has 4 aromatic rings. The van der Waals surface area contributed by atoms with Crippen LogP contribution in [0.2, 0.25) is 5.15 Å². The van der Waals surface area contributed by atoms with Gasteiger partial charge in [-0.05, 0) is 58.2 Å². The maximum absolute atomic E-state index is 13.5. The van der Waals surface area contributed by atoms with Crippen LogP contribution in [0.1, 0.15) is 24.3 Å². The zero-order valence-corrected chi connectivity index (χ0v) is 22.6. The fraction of sp³-hybridized carbons (Fsp3) is 0.167. The molecular weight excluding hydrogens is 602 g/mol. The normalized spacial score (nSPS) is 11.0. The van der Waals surface area contributed by atoms with Gasteiger partial charge in [-0.1, -0.05) is 41.4 Å². The summed E-state index contributed by atoms with van der Waals surface area (Å²) >= 11 is 13.3. The first-order chi connectivity index (χ1) is 16.7. The van der Waals surface area contributed by atoms with E-state index in [0.717, 1.165) is 5.52 Å². The number of carbonyl (C=O) groups excluding carboxylic acids is 2. The Morgan fingerprint density at radius 3 is 2.69 bits per heavy atom. The first-order valence-corrected chi connectivity index (χ1v) is 12.5. The molecule has 4 rings (SSSR count). The summed E-state index contributed by atoms with van der Waals surface area (Å²) in [6.45, 7) is 4.14. The fourth-order valence-electron chi connectivity index (χ4n) is 3.36. The van der Waals surface area contributed by atoms with Gasteiger partial charge in [-0.15, -0.1) is 0 Å². The molecule has 0 spiro atoms. The molecule has 0 saturated heterocycles. The average Bonchev–Trinajstić information content (AvgIpc) is 3.28. The molecule has 0 aliphatic carbocycles. The second-order valence-corrected chi connectivity index (χ2v) is 10.1. The summed E-state index contributed by atoms with van der Waals surface area (Å²) in [5.74, 6) is -0.321. The van der Waals surface area contributed by atoms with Gasteiger partial charge >= 0.3 is 6.09 Å². The van der Waals surface area contributed by atoms with Crippen LogP contribution in [0.4, 0.5) is 16.2 Å². The van der Waals surface area contributed by atoms with Gasteiger partial charge in [0.1, 0.15) is 5.15 Å². The Hall–Kier alpha value is -2.95. The van der Waals surface area contributed by atoms with E-state index < -0.39 is 12.0 Å². The van der Waals surface area contributed by atoms with E-state index in [0.29, 0.717) is 31.6 Å². The molecular formula is C24H20Br2ClN5O3. The molecule has 0 unspecified atom stereocenters. The number of anilines is 2. The fourth-order valence-corrected chi connectivity index (χ4v) is 4.89. The number of hydrogen-bond donors (Lipinski definition) is 2. The van der Waals surface area contributed by atoms with Crippen molar-refractivity contribution in [3.63, 3.8) is 0 Å². The van der Waals surface area contributed by atoms with E-state index in [1.807, 2.05) is 36.6 Å². The van der Waals surface area contributed by atoms with Crippen molar-refractivity contribution < 1.29 is 14.3 Å². The third kappa shape index (κ3) is 5.66. The summed E-state index contributed by atoms with van der Waals surface area (Å²) in [4.78, 5) is 34.4. The zero-order valence-electron chi connectivity index (χ0n) is 18.7. The predicted molar refractivity (Wildman–Crippen MR) is 143 cm³/mol. The highest BCUT2D eigenvalue weighted by Crippen LogP contribution is 2.36. The summed E-state index contributed by atoms with van der Waals surface area (Å²) in [7, 11) is 0. The topological polar surface area (TPSA) is 97.6 Å². The molecule has 0 atom stereocenters. The number of ether oxygens (including phenoxy) is 1. The molecule has 0 radical (unpaired) electrons. The number of rotatable bonds is 6. The van der Waals surface area contributed by atoms with Crippen molar-refractivity contribution in [3.8, 4) is 11.3 Å². The quantitative estimate of drug-likeness (QED) is 0.225. The molecule has 2 amide bonds. The summed E-state index contributed by atoms with van der Waals surface area (Å²) in [6.07, 6.45) is 4.36. The predicted octanol–water partition coefficient (Wildman–Crippen LogP) is 7.03. The van der Waals surface area contributed by atoms with Gasteiger partial charge in [-0.2, -0.15) is 0 Å². The minimum Gasteiger partial charge on any atom is -0.449 e. The number of aromatic nitrogens is 3. The summed E-state index contributed by atoms with van der Waals surface area (Å²) in [6, 6.07) is 10.7. The van der Waals surface area contributed by atoms with Crippen molar-refractivity contribution in [1.29, 1.82) is 0 Å². The average molecular weight is 622 g/mol. The van der Waals surface area contributed by atoms with Gasteiger partial charge in [0.2, 0.25) is 0 Å². The van der Waals surface area contributed by atoms with Crippen LogP contribution in [0.25, 0.3) is 16.8 Å². The van der Waals surface area contributed by atoms with Crippen LogP contribution in [-0.2, 0) is 4.74 Å². The monoisotopic (exact) mass is 619 g/mol. The minimum atomic E-state index is -0.631. The molecule has 0 aliphatic rings. The van der Waals surface area contributed by atoms with E-state index in [-0.39, 0.29) is 23.4 Å². The molecule has 3 heterocycles. The Balaban J connectivity index is 1.73. The van der Waals surface area contributed by atoms with Crippen molar-refractivity contribution >= 4 is 72.4 Å². The van der Waals surface area contributed by atoms with Gasteiger partial charge in [0.25, 0.3) is 5.91 Å². The second kappa shape index (κ2) is 10.8. The third-order valence-corrected chi connectivity index (χ3v) is 6.26. The number of fused-ring (bicyclic) bond motifs is 1. The van der Waals surface area contributed by atoms with Crippen molar-refractivity contribution in [2.75, 3.05) is 17.2 Å². The lowest BCUT2D eigenvalue weighted by atomic mass is 10.1. The van der Waals surface area contributed by atoms with Gasteiger partial charge in [0, 0.05) is 26.9 Å². The lowest BCUT2D eigenvalue weighted by molar-refractivity contribution is 0.102. The number of carbonyl (C=O) groups is 2. The van der Waals surface area contributed by atoms with Crippen LogP contribution in [0.3, 0.4) is 0 Å². The molecule has 1 aromatic carbocycles. The Bertz CT molecular complexity index is 1420. The van der Waals surface area contributed by atoms with Gasteiger partial charge in [-0.25, -0.2) is 14.8 Å². The SMILES string of the molecule is CC(C)COC(=O)Nc1cc(Br)cc(Br)c1NC(=O)c1ncc2cccn2c1-c1cccnc1Cl. The second-order valence-electron chi connectivity index (χ2n) is 7.98. The van der Waals surface area contributed by atoms with Crippen molar-refractivity contribution in [1.82, 2.24) is 14.4 Å². The molecule has 180 valence electrons. The highest BCUT2D eigenvalue weighted by Gasteiger charge is 2.23. The highest BCUT2D eigenvalue weighted by molar-refractivity contribution is 9.11. The van der Waals surface area contributed by atoms with Gasteiger partial charge in [-0.3, -0.25) is 10.1 Å². The highest BCUT2D eigenvalue weighted by atomic mass is 79.9. The number of pyridine rings is 1. The van der Waals surface area contributed by atoms with E-state index in [9.17, 15) is 9.59 Å². The van der Waals surface area contributed by atoms with Gasteiger partial charge in [0.05, 0.1) is 35.4 Å². The molecule has 35 heavy (non-hydrogen) atoms. The molecule has 0 aliphatic heterocycles. The Morgan fingerprint density at radius 1 is 1.14 bits per heavy atom. The lowest BCUT2D eigenvalue weighted by Crippen LogP contribution is -2.21. The Kier molecular flexibility index (Phi) is 7.73. The molecule has 11 heteroatoms. The molecule has 0 saturated carbocycles. The number of halogens is 3. The molecule has 3 aromatic heterocycles. The minimum absolute atomic E-state index is 0.131. The lowest BCUT2D eigenvalue weighted by Gasteiger charge is -2.17. The van der Waals surface area contributed by atoms with E-state index in [1.54, 1.807) is 36.7 Å². The van der Waals surface area contributed by atoms with E-state index >= 15 is 0 Å². The molecule has 0 bridgehead atoms.